The molecule has 0 aliphatic rings. The van der Waals surface area contributed by atoms with Crippen LogP contribution in [0.2, 0.25) is 0 Å². The number of methoxy groups -OCH3 is 1. The van der Waals surface area contributed by atoms with E-state index in [1.165, 1.54) is 5.56 Å². The first-order chi connectivity index (χ1) is 10.2. The Kier molecular flexibility index (Phi) is 5.50. The largest absolute Gasteiger partial charge is 0.493 e. The van der Waals surface area contributed by atoms with Gasteiger partial charge in [-0.1, -0.05) is 31.2 Å². The SMILES string of the molecule is CCc1ccc(OC(C)CNc2ccccc2)c(OC)c1. The summed E-state index contributed by atoms with van der Waals surface area (Å²) in [4.78, 5) is 0. The summed E-state index contributed by atoms with van der Waals surface area (Å²) in [6.45, 7) is 4.91. The molecule has 0 heterocycles. The van der Waals surface area contributed by atoms with Crippen molar-refractivity contribution in [1.82, 2.24) is 0 Å². The molecule has 0 radical (unpaired) electrons. The van der Waals surface area contributed by atoms with Gasteiger partial charge in [0.25, 0.3) is 0 Å². The van der Waals surface area contributed by atoms with Gasteiger partial charge >= 0.3 is 0 Å². The summed E-state index contributed by atoms with van der Waals surface area (Å²) in [5.74, 6) is 1.58. The van der Waals surface area contributed by atoms with E-state index in [1.54, 1.807) is 7.11 Å². The Morgan fingerprint density at radius 2 is 1.81 bits per heavy atom. The molecule has 0 bridgehead atoms. The van der Waals surface area contributed by atoms with Gasteiger partial charge in [-0.25, -0.2) is 0 Å². The number of anilines is 1. The summed E-state index contributed by atoms with van der Waals surface area (Å²) >= 11 is 0. The van der Waals surface area contributed by atoms with Crippen LogP contribution in [0.4, 0.5) is 5.69 Å². The lowest BCUT2D eigenvalue weighted by molar-refractivity contribution is 0.223. The van der Waals surface area contributed by atoms with E-state index in [9.17, 15) is 0 Å². The van der Waals surface area contributed by atoms with E-state index in [0.717, 1.165) is 30.2 Å². The first kappa shape index (κ1) is 15.2. The fourth-order valence-corrected chi connectivity index (χ4v) is 2.11. The molecular weight excluding hydrogens is 262 g/mol. The molecule has 3 nitrogen and oxygen atoms in total. The summed E-state index contributed by atoms with van der Waals surface area (Å²) in [6, 6.07) is 16.2. The van der Waals surface area contributed by atoms with Gasteiger partial charge in [0.15, 0.2) is 11.5 Å². The Balaban J connectivity index is 1.94. The molecule has 0 aromatic heterocycles. The number of benzene rings is 2. The topological polar surface area (TPSA) is 30.5 Å². The van der Waals surface area contributed by atoms with E-state index in [0.29, 0.717) is 0 Å². The van der Waals surface area contributed by atoms with Crippen molar-refractivity contribution in [1.29, 1.82) is 0 Å². The second-order valence-electron chi connectivity index (χ2n) is 5.01. The molecular formula is C18H23NO2. The highest BCUT2D eigenvalue weighted by atomic mass is 16.5. The summed E-state index contributed by atoms with van der Waals surface area (Å²) in [5, 5.41) is 3.36. The fourth-order valence-electron chi connectivity index (χ4n) is 2.11. The summed E-state index contributed by atoms with van der Waals surface area (Å²) in [7, 11) is 1.68. The molecule has 2 aromatic carbocycles. The smallest absolute Gasteiger partial charge is 0.161 e. The van der Waals surface area contributed by atoms with Crippen LogP contribution in [0.5, 0.6) is 11.5 Å². The maximum atomic E-state index is 5.97. The minimum Gasteiger partial charge on any atom is -0.493 e. The molecule has 0 aliphatic heterocycles. The molecule has 0 amide bonds. The van der Waals surface area contributed by atoms with Gasteiger partial charge in [0.2, 0.25) is 0 Å². The summed E-state index contributed by atoms with van der Waals surface area (Å²) < 4.78 is 11.4. The van der Waals surface area contributed by atoms with E-state index in [1.807, 2.05) is 49.4 Å². The highest BCUT2D eigenvalue weighted by Gasteiger charge is 2.09. The molecule has 0 aliphatic carbocycles. The Bertz CT molecular complexity index is 554. The molecule has 2 aromatic rings. The van der Waals surface area contributed by atoms with Gasteiger partial charge in [-0.3, -0.25) is 0 Å². The van der Waals surface area contributed by atoms with Crippen molar-refractivity contribution in [2.24, 2.45) is 0 Å². The maximum absolute atomic E-state index is 5.97. The molecule has 0 spiro atoms. The number of hydrogen-bond donors (Lipinski definition) is 1. The van der Waals surface area contributed by atoms with Gasteiger partial charge in [-0.15, -0.1) is 0 Å². The zero-order chi connectivity index (χ0) is 15.1. The monoisotopic (exact) mass is 285 g/mol. The van der Waals surface area contributed by atoms with Gasteiger partial charge in [-0.05, 0) is 43.2 Å². The lowest BCUT2D eigenvalue weighted by Gasteiger charge is -2.18. The third-order valence-corrected chi connectivity index (χ3v) is 3.33. The van der Waals surface area contributed by atoms with Crippen molar-refractivity contribution < 1.29 is 9.47 Å². The predicted octanol–water partition coefficient (Wildman–Crippen LogP) is 4.14. The number of rotatable bonds is 7. The van der Waals surface area contributed by atoms with Crippen LogP contribution in [0, 0.1) is 0 Å². The summed E-state index contributed by atoms with van der Waals surface area (Å²) in [5.41, 5.74) is 2.34. The van der Waals surface area contributed by atoms with Crippen LogP contribution in [0.1, 0.15) is 19.4 Å². The van der Waals surface area contributed by atoms with Crippen molar-refractivity contribution in [3.05, 3.63) is 54.1 Å². The van der Waals surface area contributed by atoms with Gasteiger partial charge in [0.1, 0.15) is 6.10 Å². The highest BCUT2D eigenvalue weighted by molar-refractivity contribution is 5.44. The van der Waals surface area contributed by atoms with Gasteiger partial charge in [0, 0.05) is 5.69 Å². The number of aryl methyl sites for hydroxylation is 1. The van der Waals surface area contributed by atoms with E-state index < -0.39 is 0 Å². The lowest BCUT2D eigenvalue weighted by Crippen LogP contribution is -2.22. The molecule has 112 valence electrons. The molecule has 1 unspecified atom stereocenters. The third-order valence-electron chi connectivity index (χ3n) is 3.33. The standard InChI is InChI=1S/C18H23NO2/c1-4-15-10-11-17(18(12-15)20-3)21-14(2)13-19-16-8-6-5-7-9-16/h5-12,14,19H,4,13H2,1-3H3. The highest BCUT2D eigenvalue weighted by Crippen LogP contribution is 2.29. The van der Waals surface area contributed by atoms with Crippen LogP contribution >= 0.6 is 0 Å². The van der Waals surface area contributed by atoms with E-state index in [2.05, 4.69) is 18.3 Å². The lowest BCUT2D eigenvalue weighted by atomic mass is 10.1. The molecule has 2 rings (SSSR count). The van der Waals surface area contributed by atoms with Crippen molar-refractivity contribution >= 4 is 5.69 Å². The summed E-state index contributed by atoms with van der Waals surface area (Å²) in [6.07, 6.45) is 1.04. The number of ether oxygens (including phenoxy) is 2. The normalized spacial score (nSPS) is 11.8. The van der Waals surface area contributed by atoms with Gasteiger partial charge in [-0.2, -0.15) is 0 Å². The van der Waals surface area contributed by atoms with Crippen LogP contribution in [0.3, 0.4) is 0 Å². The Labute approximate surface area is 126 Å². The van der Waals surface area contributed by atoms with E-state index in [4.69, 9.17) is 9.47 Å². The molecule has 0 saturated heterocycles. The van der Waals surface area contributed by atoms with Gasteiger partial charge < -0.3 is 14.8 Å². The minimum absolute atomic E-state index is 0.0478. The molecule has 21 heavy (non-hydrogen) atoms. The van der Waals surface area contributed by atoms with Crippen LogP contribution in [-0.2, 0) is 6.42 Å². The van der Waals surface area contributed by atoms with E-state index >= 15 is 0 Å². The van der Waals surface area contributed by atoms with Crippen molar-refractivity contribution in [2.75, 3.05) is 19.0 Å². The van der Waals surface area contributed by atoms with Crippen LogP contribution in [-0.4, -0.2) is 19.8 Å². The second-order valence-corrected chi connectivity index (χ2v) is 5.01. The fraction of sp³-hybridized carbons (Fsp3) is 0.333. The molecule has 0 fully saturated rings. The van der Waals surface area contributed by atoms with Gasteiger partial charge in [0.05, 0.1) is 13.7 Å². The minimum atomic E-state index is 0.0478. The Morgan fingerprint density at radius 3 is 2.48 bits per heavy atom. The second kappa shape index (κ2) is 7.58. The zero-order valence-corrected chi connectivity index (χ0v) is 12.9. The quantitative estimate of drug-likeness (QED) is 0.829. The van der Waals surface area contributed by atoms with Crippen molar-refractivity contribution in [3.63, 3.8) is 0 Å². The number of hydrogen-bond acceptors (Lipinski definition) is 3. The van der Waals surface area contributed by atoms with E-state index in [-0.39, 0.29) is 6.10 Å². The van der Waals surface area contributed by atoms with Crippen molar-refractivity contribution in [2.45, 2.75) is 26.4 Å². The van der Waals surface area contributed by atoms with Crippen molar-refractivity contribution in [3.8, 4) is 11.5 Å². The molecule has 0 saturated carbocycles. The Hall–Kier alpha value is -2.16. The molecule has 1 atom stereocenters. The average molecular weight is 285 g/mol. The Morgan fingerprint density at radius 1 is 1.05 bits per heavy atom. The first-order valence-electron chi connectivity index (χ1n) is 7.35. The van der Waals surface area contributed by atoms with Crippen LogP contribution in [0.25, 0.3) is 0 Å². The maximum Gasteiger partial charge on any atom is 0.161 e. The average Bonchev–Trinajstić information content (AvgIpc) is 2.54. The first-order valence-corrected chi connectivity index (χ1v) is 7.35. The number of nitrogens with one attached hydrogen (secondary N) is 1. The van der Waals surface area contributed by atoms with Crippen LogP contribution in [0.15, 0.2) is 48.5 Å². The zero-order valence-electron chi connectivity index (χ0n) is 12.9. The number of para-hydroxylation sites is 1. The molecule has 1 N–H and O–H groups in total. The predicted molar refractivity (Wildman–Crippen MR) is 87.4 cm³/mol. The van der Waals surface area contributed by atoms with Crippen LogP contribution < -0.4 is 14.8 Å². The third kappa shape index (κ3) is 4.42. The molecule has 3 heteroatoms.